The summed E-state index contributed by atoms with van der Waals surface area (Å²) in [4.78, 5) is 37.3. The topological polar surface area (TPSA) is 131 Å². The number of benzene rings is 2. The standard InChI is InChI=1S/C37H41N7O4S/c1-23-5-3-6-24(2)35(23)31-18-34-41-37(40-31)42-49(46,47)30-8-4-7-27(17-30)36(45)44(29(22-48-34)13-11-25-9-10-25)21-28-19-38-20-33(39-28)43-16-15-26-12-14-32(26)43/h3-8,17-20,25-26,29,32H,9-16,21-22H2,1-2H3,(H,40,41,42)/t26-,29+,32-/m0/s1. The molecule has 4 aromatic rings. The van der Waals surface area contributed by atoms with Crippen molar-refractivity contribution >= 4 is 27.7 Å². The number of carbonyl (C=O) groups is 1. The zero-order valence-corrected chi connectivity index (χ0v) is 28.7. The molecule has 4 heterocycles. The van der Waals surface area contributed by atoms with Crippen LogP contribution in [0.1, 0.15) is 72.1 Å². The minimum atomic E-state index is -4.15. The minimum Gasteiger partial charge on any atom is -0.475 e. The van der Waals surface area contributed by atoms with Gasteiger partial charge in [-0.3, -0.25) is 9.78 Å². The van der Waals surface area contributed by atoms with Gasteiger partial charge in [-0.05, 0) is 87.1 Å². The van der Waals surface area contributed by atoms with E-state index in [0.717, 1.165) is 47.8 Å². The molecular formula is C37H41N7O4S. The number of ether oxygens (including phenoxy) is 1. The Morgan fingerprint density at radius 2 is 1.73 bits per heavy atom. The number of fused-ring (bicyclic) bond motifs is 5. The molecule has 11 nitrogen and oxygen atoms in total. The summed E-state index contributed by atoms with van der Waals surface area (Å²) in [5.41, 5.74) is 4.37. The van der Waals surface area contributed by atoms with Crippen LogP contribution < -0.4 is 14.4 Å². The van der Waals surface area contributed by atoms with Gasteiger partial charge in [0, 0.05) is 29.8 Å². The highest BCUT2D eigenvalue weighted by atomic mass is 32.2. The molecule has 1 N–H and O–H groups in total. The zero-order chi connectivity index (χ0) is 33.7. The third kappa shape index (κ3) is 6.46. The van der Waals surface area contributed by atoms with Gasteiger partial charge in [0.2, 0.25) is 11.8 Å². The average molecular weight is 680 g/mol. The number of sulfonamides is 1. The maximum atomic E-state index is 14.5. The van der Waals surface area contributed by atoms with Crippen LogP contribution in [0.15, 0.2) is 65.8 Å². The molecule has 1 saturated heterocycles. The van der Waals surface area contributed by atoms with Gasteiger partial charge in [0.1, 0.15) is 12.4 Å². The summed E-state index contributed by atoms with van der Waals surface area (Å²) in [5, 5.41) is 0. The fourth-order valence-electron chi connectivity index (χ4n) is 7.58. The number of aromatic nitrogens is 4. The Bertz CT molecular complexity index is 2000. The van der Waals surface area contributed by atoms with Crippen LogP contribution in [0.2, 0.25) is 0 Å². The predicted molar refractivity (Wildman–Crippen MR) is 186 cm³/mol. The second kappa shape index (κ2) is 12.7. The number of anilines is 2. The van der Waals surface area contributed by atoms with E-state index in [4.69, 9.17) is 9.72 Å². The Balaban J connectivity index is 1.20. The lowest BCUT2D eigenvalue weighted by Crippen LogP contribution is -2.44. The molecule has 4 bridgehead atoms. The number of hydrogen-bond donors (Lipinski definition) is 1. The Morgan fingerprint density at radius 1 is 0.918 bits per heavy atom. The third-order valence-corrected chi connectivity index (χ3v) is 11.9. The monoisotopic (exact) mass is 679 g/mol. The molecule has 2 saturated carbocycles. The van der Waals surface area contributed by atoms with Crippen LogP contribution in [0.4, 0.5) is 11.8 Å². The normalized spacial score (nSPS) is 22.9. The summed E-state index contributed by atoms with van der Waals surface area (Å²) in [5.74, 6) is 2.05. The smallest absolute Gasteiger partial charge is 0.264 e. The number of hydrogen-bond acceptors (Lipinski definition) is 9. The largest absolute Gasteiger partial charge is 0.475 e. The van der Waals surface area contributed by atoms with E-state index in [-0.39, 0.29) is 47.4 Å². The van der Waals surface area contributed by atoms with E-state index >= 15 is 0 Å². The molecule has 2 aromatic heterocycles. The van der Waals surface area contributed by atoms with Gasteiger partial charge in [-0.15, -0.1) is 0 Å². The SMILES string of the molecule is Cc1cccc(C)c1-c1cc2nc(n1)NS(=O)(=O)c1cccc(c1)C(=O)N(Cc1cncc(N3CC[C@@H]4CC[C@@H]43)n1)[C@H](CCC1CC1)CO2. The van der Waals surface area contributed by atoms with E-state index in [1.165, 1.54) is 44.2 Å². The minimum absolute atomic E-state index is 0.0542. The van der Waals surface area contributed by atoms with E-state index in [0.29, 0.717) is 23.3 Å². The van der Waals surface area contributed by atoms with Crippen LogP contribution >= 0.6 is 0 Å². The number of aryl methyl sites for hydroxylation is 2. The van der Waals surface area contributed by atoms with Gasteiger partial charge < -0.3 is 14.5 Å². The highest BCUT2D eigenvalue weighted by molar-refractivity contribution is 7.92. The first-order valence-corrected chi connectivity index (χ1v) is 18.8. The molecule has 2 aliphatic heterocycles. The van der Waals surface area contributed by atoms with Gasteiger partial charge in [-0.1, -0.05) is 37.1 Å². The first-order chi connectivity index (χ1) is 23.7. The van der Waals surface area contributed by atoms with Crippen molar-refractivity contribution in [2.75, 3.05) is 22.8 Å². The van der Waals surface area contributed by atoms with E-state index in [1.807, 2.05) is 38.2 Å². The van der Waals surface area contributed by atoms with Crippen LogP contribution in [0, 0.1) is 25.7 Å². The maximum absolute atomic E-state index is 14.5. The molecule has 4 aliphatic rings. The highest BCUT2D eigenvalue weighted by Gasteiger charge is 2.41. The maximum Gasteiger partial charge on any atom is 0.264 e. The molecule has 2 aromatic carbocycles. The first kappa shape index (κ1) is 31.7. The van der Waals surface area contributed by atoms with Crippen molar-refractivity contribution in [1.82, 2.24) is 24.8 Å². The molecule has 0 unspecified atom stereocenters. The molecule has 2 aliphatic carbocycles. The zero-order valence-electron chi connectivity index (χ0n) is 27.9. The summed E-state index contributed by atoms with van der Waals surface area (Å²) >= 11 is 0. The van der Waals surface area contributed by atoms with Crippen molar-refractivity contribution in [3.05, 3.63) is 83.3 Å². The molecule has 3 atom stereocenters. The van der Waals surface area contributed by atoms with Gasteiger partial charge in [0.05, 0.1) is 41.3 Å². The summed E-state index contributed by atoms with van der Waals surface area (Å²) in [7, 11) is -4.15. The van der Waals surface area contributed by atoms with E-state index < -0.39 is 10.0 Å². The van der Waals surface area contributed by atoms with Crippen molar-refractivity contribution in [2.24, 2.45) is 11.8 Å². The van der Waals surface area contributed by atoms with Crippen molar-refractivity contribution in [3.8, 4) is 17.1 Å². The molecule has 254 valence electrons. The van der Waals surface area contributed by atoms with Gasteiger partial charge in [0.15, 0.2) is 0 Å². The van der Waals surface area contributed by atoms with Crippen LogP contribution in [-0.2, 0) is 16.6 Å². The van der Waals surface area contributed by atoms with Crippen LogP contribution in [0.3, 0.4) is 0 Å². The Kier molecular flexibility index (Phi) is 8.21. The summed E-state index contributed by atoms with van der Waals surface area (Å²) < 4.78 is 36.4. The molecule has 0 spiro atoms. The Hall–Kier alpha value is -4.58. The molecule has 1 amide bonds. The lowest BCUT2D eigenvalue weighted by Gasteiger charge is -2.36. The van der Waals surface area contributed by atoms with Crippen molar-refractivity contribution in [3.63, 3.8) is 0 Å². The van der Waals surface area contributed by atoms with E-state index in [9.17, 15) is 13.2 Å². The van der Waals surface area contributed by atoms with Crippen molar-refractivity contribution in [1.29, 1.82) is 0 Å². The fourth-order valence-corrected chi connectivity index (χ4v) is 8.57. The molecule has 3 fully saturated rings. The molecule has 0 radical (unpaired) electrons. The number of carbonyl (C=O) groups excluding carboxylic acids is 1. The van der Waals surface area contributed by atoms with Gasteiger partial charge in [-0.2, -0.15) is 4.98 Å². The second-order valence-electron chi connectivity index (χ2n) is 14.0. The fraction of sp³-hybridized carbons (Fsp3) is 0.432. The molecule has 49 heavy (non-hydrogen) atoms. The summed E-state index contributed by atoms with van der Waals surface area (Å²) in [6.45, 7) is 5.32. The highest BCUT2D eigenvalue weighted by Crippen LogP contribution is 2.42. The number of nitrogens with zero attached hydrogens (tertiary/aromatic N) is 6. The van der Waals surface area contributed by atoms with Gasteiger partial charge in [-0.25, -0.2) is 23.1 Å². The van der Waals surface area contributed by atoms with Gasteiger partial charge >= 0.3 is 0 Å². The van der Waals surface area contributed by atoms with Crippen LogP contribution in [-0.4, -0.2) is 64.4 Å². The summed E-state index contributed by atoms with van der Waals surface area (Å²) in [6.07, 6.45) is 11.2. The third-order valence-electron chi connectivity index (χ3n) is 10.6. The Morgan fingerprint density at radius 3 is 2.49 bits per heavy atom. The number of amides is 1. The molecule has 12 heteroatoms. The average Bonchev–Trinajstić information content (AvgIpc) is 3.85. The van der Waals surface area contributed by atoms with Crippen LogP contribution in [0.5, 0.6) is 5.88 Å². The first-order valence-electron chi connectivity index (χ1n) is 17.3. The lowest BCUT2D eigenvalue weighted by molar-refractivity contribution is 0.0564. The summed E-state index contributed by atoms with van der Waals surface area (Å²) in [6, 6.07) is 14.0. The second-order valence-corrected chi connectivity index (χ2v) is 15.7. The number of rotatable bonds is 7. The van der Waals surface area contributed by atoms with Crippen molar-refractivity contribution in [2.45, 2.75) is 82.3 Å². The van der Waals surface area contributed by atoms with E-state index in [2.05, 4.69) is 24.6 Å². The molecular weight excluding hydrogens is 639 g/mol. The Labute approximate surface area is 287 Å². The van der Waals surface area contributed by atoms with Crippen LogP contribution in [0.25, 0.3) is 11.3 Å². The quantitative estimate of drug-likeness (QED) is 0.253. The van der Waals surface area contributed by atoms with Gasteiger partial charge in [0.25, 0.3) is 15.9 Å². The molecule has 8 rings (SSSR count). The predicted octanol–water partition coefficient (Wildman–Crippen LogP) is 5.93. The number of nitrogens with one attached hydrogen (secondary N) is 1. The van der Waals surface area contributed by atoms with E-state index in [1.54, 1.807) is 29.3 Å². The van der Waals surface area contributed by atoms with Crippen molar-refractivity contribution < 1.29 is 17.9 Å². The lowest BCUT2D eigenvalue weighted by atomic mass is 9.80.